The number of hydrogen-bond donors (Lipinski definition) is 1. The van der Waals surface area contributed by atoms with Gasteiger partial charge in [-0.1, -0.05) is 12.1 Å². The molecule has 186 valence electrons. The summed E-state index contributed by atoms with van der Waals surface area (Å²) in [4.78, 5) is 40.6. The Morgan fingerprint density at radius 3 is 2.53 bits per heavy atom. The van der Waals surface area contributed by atoms with Gasteiger partial charge in [0.1, 0.15) is 23.1 Å². The van der Waals surface area contributed by atoms with Gasteiger partial charge in [0.2, 0.25) is 0 Å². The molecule has 0 fully saturated rings. The van der Waals surface area contributed by atoms with E-state index >= 15 is 0 Å². The second kappa shape index (κ2) is 10.2. The highest BCUT2D eigenvalue weighted by atomic mass is 19.1. The van der Waals surface area contributed by atoms with Crippen molar-refractivity contribution in [2.75, 3.05) is 20.8 Å². The maximum atomic E-state index is 13.1. The smallest absolute Gasteiger partial charge is 0.286 e. The first-order valence-corrected chi connectivity index (χ1v) is 10.7. The summed E-state index contributed by atoms with van der Waals surface area (Å²) in [5, 5.41) is 18.5. The Hall–Kier alpha value is -4.81. The summed E-state index contributed by atoms with van der Waals surface area (Å²) in [6.45, 7) is 0.430. The van der Waals surface area contributed by atoms with Crippen LogP contribution in [0.5, 0.6) is 11.5 Å². The Labute approximate surface area is 203 Å². The number of halogens is 1. The molecule has 1 N–H and O–H groups in total. The summed E-state index contributed by atoms with van der Waals surface area (Å²) >= 11 is 0. The molecule has 0 radical (unpaired) electrons. The molecule has 0 unspecified atom stereocenters. The number of methoxy groups -OCH3 is 2. The van der Waals surface area contributed by atoms with Gasteiger partial charge in [-0.15, -0.1) is 0 Å². The van der Waals surface area contributed by atoms with Crippen LogP contribution in [-0.2, 0) is 13.1 Å². The van der Waals surface area contributed by atoms with E-state index in [9.17, 15) is 24.1 Å². The number of aromatic nitrogens is 4. The van der Waals surface area contributed by atoms with Gasteiger partial charge in [-0.25, -0.2) is 14.1 Å². The van der Waals surface area contributed by atoms with E-state index in [2.05, 4.69) is 15.4 Å². The van der Waals surface area contributed by atoms with Gasteiger partial charge >= 0.3 is 0 Å². The number of nitro groups is 1. The third-order valence-corrected chi connectivity index (χ3v) is 5.44. The number of amides is 1. The maximum Gasteiger partial charge on any atom is 0.286 e. The largest absolute Gasteiger partial charge is 0.493 e. The van der Waals surface area contributed by atoms with E-state index in [4.69, 9.17) is 9.47 Å². The predicted octanol–water partition coefficient (Wildman–Crippen LogP) is 2.14. The van der Waals surface area contributed by atoms with Crippen LogP contribution in [0.25, 0.3) is 11.0 Å². The van der Waals surface area contributed by atoms with Crippen LogP contribution in [-0.4, -0.2) is 50.9 Å². The molecule has 0 aliphatic carbocycles. The molecular formula is C23H21FN6O6. The third-order valence-electron chi connectivity index (χ3n) is 5.44. The van der Waals surface area contributed by atoms with Crippen molar-refractivity contribution in [3.8, 4) is 11.5 Å². The molecule has 2 heterocycles. The van der Waals surface area contributed by atoms with E-state index in [1.165, 1.54) is 54.2 Å². The SMILES string of the molecule is COc1cc(C(=O)NCCn2ncc3c(=O)n(Cc4ccc(F)cc4)cnc32)c([N+](=O)[O-])cc1OC. The topological polar surface area (TPSA) is 143 Å². The minimum atomic E-state index is -0.686. The fraction of sp³-hybridized carbons (Fsp3) is 0.217. The lowest BCUT2D eigenvalue weighted by molar-refractivity contribution is -0.385. The number of nitrogens with one attached hydrogen (secondary N) is 1. The number of nitrogens with zero attached hydrogens (tertiary/aromatic N) is 5. The number of carbonyl (C=O) groups is 1. The van der Waals surface area contributed by atoms with Crippen LogP contribution in [0.4, 0.5) is 10.1 Å². The Morgan fingerprint density at radius 1 is 1.17 bits per heavy atom. The molecule has 0 atom stereocenters. The zero-order chi connectivity index (χ0) is 25.8. The molecule has 0 spiro atoms. The molecule has 12 nitrogen and oxygen atoms in total. The van der Waals surface area contributed by atoms with Crippen molar-refractivity contribution in [3.63, 3.8) is 0 Å². The fourth-order valence-corrected chi connectivity index (χ4v) is 3.63. The van der Waals surface area contributed by atoms with Gasteiger partial charge in [0.05, 0.1) is 44.5 Å². The van der Waals surface area contributed by atoms with Gasteiger partial charge in [0.15, 0.2) is 17.1 Å². The van der Waals surface area contributed by atoms with Crippen molar-refractivity contribution in [1.82, 2.24) is 24.6 Å². The monoisotopic (exact) mass is 496 g/mol. The second-order valence-corrected chi connectivity index (χ2v) is 7.65. The summed E-state index contributed by atoms with van der Waals surface area (Å²) in [7, 11) is 2.69. The van der Waals surface area contributed by atoms with Crippen molar-refractivity contribution in [3.05, 3.63) is 86.3 Å². The third kappa shape index (κ3) is 4.85. The molecule has 0 aliphatic rings. The molecule has 0 bridgehead atoms. The molecular weight excluding hydrogens is 475 g/mol. The zero-order valence-corrected chi connectivity index (χ0v) is 19.3. The molecule has 0 aliphatic heterocycles. The van der Waals surface area contributed by atoms with Crippen LogP contribution in [0.2, 0.25) is 0 Å². The molecule has 1 amide bonds. The Kier molecular flexibility index (Phi) is 6.90. The summed E-state index contributed by atoms with van der Waals surface area (Å²) in [5.41, 5.74) is 0.115. The van der Waals surface area contributed by atoms with E-state index < -0.39 is 16.5 Å². The quantitative estimate of drug-likeness (QED) is 0.274. The van der Waals surface area contributed by atoms with Gasteiger partial charge in [-0.05, 0) is 17.7 Å². The number of rotatable bonds is 9. The lowest BCUT2D eigenvalue weighted by Crippen LogP contribution is -2.28. The van der Waals surface area contributed by atoms with E-state index in [0.717, 1.165) is 11.6 Å². The van der Waals surface area contributed by atoms with Gasteiger partial charge < -0.3 is 14.8 Å². The first kappa shape index (κ1) is 24.3. The van der Waals surface area contributed by atoms with Crippen LogP contribution < -0.4 is 20.3 Å². The van der Waals surface area contributed by atoms with Crippen LogP contribution in [0.1, 0.15) is 15.9 Å². The second-order valence-electron chi connectivity index (χ2n) is 7.65. The Bertz CT molecular complexity index is 1500. The average molecular weight is 496 g/mol. The number of carbonyl (C=O) groups excluding carboxylic acids is 1. The van der Waals surface area contributed by atoms with Crippen molar-refractivity contribution >= 4 is 22.6 Å². The summed E-state index contributed by atoms with van der Waals surface area (Å²) in [6, 6.07) is 8.16. The van der Waals surface area contributed by atoms with Crippen molar-refractivity contribution in [1.29, 1.82) is 0 Å². The number of nitro benzene ring substituents is 1. The van der Waals surface area contributed by atoms with E-state index in [0.29, 0.717) is 5.65 Å². The number of ether oxygens (including phenoxy) is 2. The lowest BCUT2D eigenvalue weighted by atomic mass is 10.1. The molecule has 0 saturated heterocycles. The van der Waals surface area contributed by atoms with Crippen molar-refractivity contribution in [2.24, 2.45) is 0 Å². The number of hydrogen-bond acceptors (Lipinski definition) is 8. The maximum absolute atomic E-state index is 13.1. The van der Waals surface area contributed by atoms with Crippen LogP contribution in [0.3, 0.4) is 0 Å². The van der Waals surface area contributed by atoms with Crippen LogP contribution in [0, 0.1) is 15.9 Å². The molecule has 4 rings (SSSR count). The fourth-order valence-electron chi connectivity index (χ4n) is 3.63. The molecule has 0 saturated carbocycles. The van der Waals surface area contributed by atoms with Crippen molar-refractivity contribution in [2.45, 2.75) is 13.1 Å². The first-order valence-electron chi connectivity index (χ1n) is 10.7. The highest BCUT2D eigenvalue weighted by Gasteiger charge is 2.24. The minimum absolute atomic E-state index is 0.0570. The van der Waals surface area contributed by atoms with Gasteiger partial charge in [0.25, 0.3) is 17.2 Å². The van der Waals surface area contributed by atoms with Crippen molar-refractivity contribution < 1.29 is 23.6 Å². The molecule has 36 heavy (non-hydrogen) atoms. The molecule has 13 heteroatoms. The minimum Gasteiger partial charge on any atom is -0.493 e. The van der Waals surface area contributed by atoms with Crippen LogP contribution in [0.15, 0.2) is 53.7 Å². The van der Waals surface area contributed by atoms with Gasteiger partial charge in [-0.2, -0.15) is 5.10 Å². The summed E-state index contributed by atoms with van der Waals surface area (Å²) in [6.07, 6.45) is 2.75. The normalized spacial score (nSPS) is 10.9. The lowest BCUT2D eigenvalue weighted by Gasteiger charge is -2.11. The Morgan fingerprint density at radius 2 is 1.86 bits per heavy atom. The average Bonchev–Trinajstić information content (AvgIpc) is 3.29. The molecule has 4 aromatic rings. The molecule has 2 aromatic carbocycles. The number of fused-ring (bicyclic) bond motifs is 1. The van der Waals surface area contributed by atoms with E-state index in [1.54, 1.807) is 12.1 Å². The Balaban J connectivity index is 1.48. The van der Waals surface area contributed by atoms with E-state index in [1.807, 2.05) is 0 Å². The summed E-state index contributed by atoms with van der Waals surface area (Å²) < 4.78 is 26.2. The predicted molar refractivity (Wildman–Crippen MR) is 126 cm³/mol. The molecule has 2 aromatic heterocycles. The van der Waals surface area contributed by atoms with Gasteiger partial charge in [-0.3, -0.25) is 24.3 Å². The summed E-state index contributed by atoms with van der Waals surface area (Å²) in [5.74, 6) is -0.755. The van der Waals surface area contributed by atoms with E-state index in [-0.39, 0.29) is 53.5 Å². The highest BCUT2D eigenvalue weighted by Crippen LogP contribution is 2.34. The van der Waals surface area contributed by atoms with Crippen LogP contribution >= 0.6 is 0 Å². The van der Waals surface area contributed by atoms with Gasteiger partial charge in [0, 0.05) is 12.6 Å². The zero-order valence-electron chi connectivity index (χ0n) is 19.3. The standard InChI is InChI=1S/C23H21FN6O6/c1-35-19-9-16(18(30(33)34)10-20(19)36-2)22(31)25-7-8-29-21-17(11-27-29)23(32)28(13-26-21)12-14-3-5-15(24)6-4-14/h3-6,9-11,13H,7-8,12H2,1-2H3,(H,25,31). The highest BCUT2D eigenvalue weighted by molar-refractivity contribution is 5.99. The first-order chi connectivity index (χ1) is 17.3. The number of benzene rings is 2.